The molecule has 0 saturated carbocycles. The van der Waals surface area contributed by atoms with Crippen LogP contribution in [0, 0.1) is 5.92 Å². The number of benzene rings is 2. The molecule has 3 aromatic rings. The van der Waals surface area contributed by atoms with Crippen molar-refractivity contribution in [3.05, 3.63) is 52.3 Å². The molecule has 30 heavy (non-hydrogen) atoms. The third-order valence-corrected chi connectivity index (χ3v) is 6.95. The second-order valence-corrected chi connectivity index (χ2v) is 8.72. The van der Waals surface area contributed by atoms with Crippen molar-refractivity contribution in [2.75, 3.05) is 34.4 Å². The molecular weight excluding hydrogens is 400 g/mol. The summed E-state index contributed by atoms with van der Waals surface area (Å²) in [6.07, 6.45) is 2.19. The molecule has 4 rings (SSSR count). The third kappa shape index (κ3) is 4.04. The van der Waals surface area contributed by atoms with Gasteiger partial charge < -0.3 is 14.2 Å². The zero-order chi connectivity index (χ0) is 21.1. The number of ether oxygens (including phenoxy) is 3. The van der Waals surface area contributed by atoms with Crippen LogP contribution in [-0.4, -0.2) is 43.3 Å². The van der Waals surface area contributed by atoms with E-state index in [1.165, 1.54) is 17.1 Å². The number of methoxy groups -OCH3 is 3. The Morgan fingerprint density at radius 3 is 2.33 bits per heavy atom. The minimum atomic E-state index is 0.0148. The summed E-state index contributed by atoms with van der Waals surface area (Å²) in [5, 5.41) is 0.621. The van der Waals surface area contributed by atoms with Gasteiger partial charge in [-0.2, -0.15) is 0 Å². The van der Waals surface area contributed by atoms with E-state index in [-0.39, 0.29) is 5.56 Å². The quantitative estimate of drug-likeness (QED) is 0.569. The molecule has 0 spiro atoms. The molecule has 0 bridgehead atoms. The number of aromatic nitrogens is 1. The van der Waals surface area contributed by atoms with Crippen molar-refractivity contribution in [2.24, 2.45) is 5.92 Å². The Kier molecular flexibility index (Phi) is 6.29. The molecule has 2 aromatic carbocycles. The van der Waals surface area contributed by atoms with E-state index in [0.29, 0.717) is 28.6 Å². The van der Waals surface area contributed by atoms with Gasteiger partial charge in [0.05, 0.1) is 26.7 Å². The summed E-state index contributed by atoms with van der Waals surface area (Å²) >= 11 is 1.45. The lowest BCUT2D eigenvalue weighted by molar-refractivity contribution is 0.168. The van der Waals surface area contributed by atoms with Crippen molar-refractivity contribution in [1.29, 1.82) is 0 Å². The highest BCUT2D eigenvalue weighted by atomic mass is 32.1. The average Bonchev–Trinajstić information content (AvgIpc) is 3.09. The molecule has 0 radical (unpaired) electrons. The maximum Gasteiger partial charge on any atom is 0.268 e. The molecule has 1 saturated heterocycles. The largest absolute Gasteiger partial charge is 0.493 e. The normalized spacial score (nSPS) is 15.4. The van der Waals surface area contributed by atoms with Crippen LogP contribution in [0.4, 0.5) is 0 Å². The topological polar surface area (TPSA) is 52.9 Å². The molecule has 6 nitrogen and oxygen atoms in total. The van der Waals surface area contributed by atoms with Crippen LogP contribution in [0.5, 0.6) is 17.2 Å². The summed E-state index contributed by atoms with van der Waals surface area (Å²) in [5.74, 6) is 2.09. The highest BCUT2D eigenvalue weighted by molar-refractivity contribution is 7.14. The molecule has 160 valence electrons. The van der Waals surface area contributed by atoms with E-state index in [1.807, 2.05) is 3.96 Å². The number of fused-ring (bicyclic) bond motifs is 1. The molecular formula is C23H28N2O4S. The standard InChI is InChI=1S/C23H28N2O4S/c1-27-19-13-18-22(21(29-3)20(19)28-2)30-25(23(18)26)15-17-9-11-24(12-10-17)14-16-7-5-4-6-8-16/h4-8,13,17H,9-12,14-15H2,1-3H3. The lowest BCUT2D eigenvalue weighted by Crippen LogP contribution is -2.35. The lowest BCUT2D eigenvalue weighted by Gasteiger charge is -2.31. The molecule has 7 heteroatoms. The van der Waals surface area contributed by atoms with Crippen LogP contribution < -0.4 is 19.8 Å². The smallest absolute Gasteiger partial charge is 0.268 e. The summed E-state index contributed by atoms with van der Waals surface area (Å²) in [7, 11) is 4.74. The molecule has 0 unspecified atom stereocenters. The predicted molar refractivity (Wildman–Crippen MR) is 120 cm³/mol. The van der Waals surface area contributed by atoms with Crippen molar-refractivity contribution in [1.82, 2.24) is 8.86 Å². The first kappa shape index (κ1) is 20.8. The minimum absolute atomic E-state index is 0.0148. The Morgan fingerprint density at radius 2 is 1.70 bits per heavy atom. The van der Waals surface area contributed by atoms with Gasteiger partial charge in [-0.1, -0.05) is 41.9 Å². The highest BCUT2D eigenvalue weighted by Crippen LogP contribution is 2.44. The first-order valence-electron chi connectivity index (χ1n) is 10.2. The first-order valence-corrected chi connectivity index (χ1v) is 11.0. The van der Waals surface area contributed by atoms with Crippen LogP contribution in [0.25, 0.3) is 10.1 Å². The van der Waals surface area contributed by atoms with Gasteiger partial charge in [0.2, 0.25) is 5.75 Å². The van der Waals surface area contributed by atoms with E-state index >= 15 is 0 Å². The van der Waals surface area contributed by atoms with Crippen molar-refractivity contribution >= 4 is 21.6 Å². The van der Waals surface area contributed by atoms with Gasteiger partial charge in [-0.3, -0.25) is 13.7 Å². The van der Waals surface area contributed by atoms with Crippen molar-refractivity contribution < 1.29 is 14.2 Å². The van der Waals surface area contributed by atoms with E-state index in [2.05, 4.69) is 35.2 Å². The van der Waals surface area contributed by atoms with Crippen LogP contribution in [0.3, 0.4) is 0 Å². The second kappa shape index (κ2) is 9.10. The number of nitrogens with zero attached hydrogens (tertiary/aromatic N) is 2. The Labute approximate surface area is 180 Å². The molecule has 0 N–H and O–H groups in total. The van der Waals surface area contributed by atoms with Crippen LogP contribution in [0.15, 0.2) is 41.2 Å². The summed E-state index contributed by atoms with van der Waals surface area (Å²) < 4.78 is 19.1. The SMILES string of the molecule is COc1cc2c(=O)n(CC3CCN(Cc4ccccc4)CC3)sc2c(OC)c1OC. The predicted octanol–water partition coefficient (Wildman–Crippen LogP) is 4.00. The second-order valence-electron chi connectivity index (χ2n) is 7.68. The molecule has 1 aliphatic rings. The van der Waals surface area contributed by atoms with Crippen molar-refractivity contribution in [2.45, 2.75) is 25.9 Å². The average molecular weight is 429 g/mol. The van der Waals surface area contributed by atoms with Gasteiger partial charge in [0.15, 0.2) is 11.5 Å². The molecule has 0 amide bonds. The summed E-state index contributed by atoms with van der Waals surface area (Å²) in [6, 6.07) is 12.4. The summed E-state index contributed by atoms with van der Waals surface area (Å²) in [6.45, 7) is 3.85. The van der Waals surface area contributed by atoms with Crippen LogP contribution in [0.2, 0.25) is 0 Å². The molecule has 1 aliphatic heterocycles. The number of hydrogen-bond acceptors (Lipinski definition) is 6. The summed E-state index contributed by atoms with van der Waals surface area (Å²) in [5.41, 5.74) is 1.37. The van der Waals surface area contributed by atoms with Gasteiger partial charge in [-0.15, -0.1) is 0 Å². The van der Waals surface area contributed by atoms with Crippen LogP contribution >= 0.6 is 11.5 Å². The van der Waals surface area contributed by atoms with E-state index in [0.717, 1.165) is 43.7 Å². The zero-order valence-electron chi connectivity index (χ0n) is 17.7. The van der Waals surface area contributed by atoms with Gasteiger partial charge in [0.1, 0.15) is 4.70 Å². The van der Waals surface area contributed by atoms with E-state index < -0.39 is 0 Å². The Hall–Kier alpha value is -2.51. The Morgan fingerprint density at radius 1 is 1.00 bits per heavy atom. The molecule has 1 aromatic heterocycles. The minimum Gasteiger partial charge on any atom is -0.493 e. The van der Waals surface area contributed by atoms with Gasteiger partial charge in [0, 0.05) is 13.1 Å². The van der Waals surface area contributed by atoms with Gasteiger partial charge >= 0.3 is 0 Å². The third-order valence-electron chi connectivity index (χ3n) is 5.82. The molecule has 0 atom stereocenters. The monoisotopic (exact) mass is 428 g/mol. The zero-order valence-corrected chi connectivity index (χ0v) is 18.5. The Balaban J connectivity index is 1.49. The molecule has 2 heterocycles. The number of likely N-dealkylation sites (tertiary alicyclic amines) is 1. The number of hydrogen-bond donors (Lipinski definition) is 0. The maximum absolute atomic E-state index is 13.1. The highest BCUT2D eigenvalue weighted by Gasteiger charge is 2.24. The van der Waals surface area contributed by atoms with E-state index in [1.54, 1.807) is 27.4 Å². The van der Waals surface area contributed by atoms with E-state index in [4.69, 9.17) is 14.2 Å². The lowest BCUT2D eigenvalue weighted by atomic mass is 9.96. The first-order chi connectivity index (χ1) is 14.6. The van der Waals surface area contributed by atoms with Gasteiger partial charge in [0.25, 0.3) is 5.56 Å². The van der Waals surface area contributed by atoms with Crippen LogP contribution in [0.1, 0.15) is 18.4 Å². The van der Waals surface area contributed by atoms with Gasteiger partial charge in [-0.25, -0.2) is 0 Å². The summed E-state index contributed by atoms with van der Waals surface area (Å²) in [4.78, 5) is 15.6. The number of rotatable bonds is 7. The molecule has 0 aliphatic carbocycles. The van der Waals surface area contributed by atoms with Crippen molar-refractivity contribution in [3.63, 3.8) is 0 Å². The maximum atomic E-state index is 13.1. The van der Waals surface area contributed by atoms with E-state index in [9.17, 15) is 4.79 Å². The molecule has 1 fully saturated rings. The number of piperidine rings is 1. The van der Waals surface area contributed by atoms with Crippen LogP contribution in [-0.2, 0) is 13.1 Å². The van der Waals surface area contributed by atoms with Gasteiger partial charge in [-0.05, 0) is 43.5 Å². The van der Waals surface area contributed by atoms with Crippen molar-refractivity contribution in [3.8, 4) is 17.2 Å². The Bertz CT molecular complexity index is 1050. The fourth-order valence-electron chi connectivity index (χ4n) is 4.19. The fraction of sp³-hybridized carbons (Fsp3) is 0.435. The fourth-order valence-corrected chi connectivity index (χ4v) is 5.38.